The van der Waals surface area contributed by atoms with Crippen LogP contribution in [0.1, 0.15) is 54.4 Å². The van der Waals surface area contributed by atoms with E-state index in [-0.39, 0.29) is 12.3 Å². The zero-order valence-corrected chi connectivity index (χ0v) is 13.3. The predicted molar refractivity (Wildman–Crippen MR) is 83.5 cm³/mol. The number of aliphatic carboxylic acids is 1. The lowest BCUT2D eigenvalue weighted by atomic mass is 9.94. The number of anilines is 1. The van der Waals surface area contributed by atoms with Crippen molar-refractivity contribution in [1.29, 1.82) is 0 Å². The number of thiazole rings is 1. The number of hydrogen-bond donors (Lipinski definition) is 3. The molecular weight excluding hydrogens is 290 g/mol. The van der Waals surface area contributed by atoms with Crippen molar-refractivity contribution >= 4 is 28.3 Å². The predicted octanol–water partition coefficient (Wildman–Crippen LogP) is 2.43. The fourth-order valence-electron chi connectivity index (χ4n) is 2.27. The van der Waals surface area contributed by atoms with Gasteiger partial charge in [0.25, 0.3) is 5.91 Å². The van der Waals surface area contributed by atoms with Crippen molar-refractivity contribution in [2.24, 2.45) is 5.92 Å². The summed E-state index contributed by atoms with van der Waals surface area (Å²) < 4.78 is 0. The lowest BCUT2D eigenvalue weighted by Crippen LogP contribution is -2.26. The molecule has 0 fully saturated rings. The number of carboxylic acids is 1. The molecule has 4 N–H and O–H groups in total. The van der Waals surface area contributed by atoms with E-state index in [1.807, 2.05) is 0 Å². The molecule has 6 nitrogen and oxygen atoms in total. The molecule has 1 unspecified atom stereocenters. The maximum Gasteiger partial charge on any atom is 0.303 e. The molecule has 1 atom stereocenters. The summed E-state index contributed by atoms with van der Waals surface area (Å²) in [6, 6.07) is 0. The first kappa shape index (κ1) is 17.4. The van der Waals surface area contributed by atoms with Gasteiger partial charge >= 0.3 is 5.97 Å². The minimum absolute atomic E-state index is 0.157. The van der Waals surface area contributed by atoms with Gasteiger partial charge in [0.15, 0.2) is 5.13 Å². The van der Waals surface area contributed by atoms with E-state index < -0.39 is 5.97 Å². The molecule has 0 spiro atoms. The van der Waals surface area contributed by atoms with E-state index in [9.17, 15) is 9.59 Å². The molecule has 0 aliphatic rings. The van der Waals surface area contributed by atoms with Crippen LogP contribution in [0.4, 0.5) is 5.13 Å². The third kappa shape index (κ3) is 6.12. The zero-order valence-electron chi connectivity index (χ0n) is 12.5. The number of hydrogen-bond acceptors (Lipinski definition) is 5. The molecule has 0 radical (unpaired) electrons. The molecule has 0 aromatic carbocycles. The largest absolute Gasteiger partial charge is 0.481 e. The Balaban J connectivity index is 2.40. The van der Waals surface area contributed by atoms with E-state index in [1.54, 1.807) is 6.92 Å². The summed E-state index contributed by atoms with van der Waals surface area (Å²) in [6.07, 6.45) is 3.63. The van der Waals surface area contributed by atoms with Gasteiger partial charge in [0.1, 0.15) is 4.88 Å². The van der Waals surface area contributed by atoms with Crippen LogP contribution in [0.2, 0.25) is 0 Å². The summed E-state index contributed by atoms with van der Waals surface area (Å²) in [6.45, 7) is 4.38. The van der Waals surface area contributed by atoms with Gasteiger partial charge in [0, 0.05) is 13.0 Å². The highest BCUT2D eigenvalue weighted by atomic mass is 32.1. The van der Waals surface area contributed by atoms with Gasteiger partial charge in [-0.2, -0.15) is 0 Å². The average Bonchev–Trinajstić information content (AvgIpc) is 2.74. The smallest absolute Gasteiger partial charge is 0.303 e. The van der Waals surface area contributed by atoms with Crippen molar-refractivity contribution in [1.82, 2.24) is 10.3 Å². The van der Waals surface area contributed by atoms with Crippen LogP contribution in [0, 0.1) is 12.8 Å². The highest BCUT2D eigenvalue weighted by molar-refractivity contribution is 7.17. The Morgan fingerprint density at radius 2 is 2.10 bits per heavy atom. The lowest BCUT2D eigenvalue weighted by Gasteiger charge is -2.15. The molecule has 0 saturated carbocycles. The molecule has 0 aliphatic carbocycles. The molecule has 7 heteroatoms. The van der Waals surface area contributed by atoms with Crippen LogP contribution in [-0.2, 0) is 4.79 Å². The second-order valence-electron chi connectivity index (χ2n) is 5.10. The number of aromatic nitrogens is 1. The topological polar surface area (TPSA) is 105 Å². The molecular formula is C14H23N3O3S. The van der Waals surface area contributed by atoms with Crippen LogP contribution in [0.25, 0.3) is 0 Å². The lowest BCUT2D eigenvalue weighted by molar-refractivity contribution is -0.137. The van der Waals surface area contributed by atoms with Gasteiger partial charge in [-0.25, -0.2) is 4.98 Å². The Morgan fingerprint density at radius 3 is 2.62 bits per heavy atom. The number of nitrogens with two attached hydrogens (primary N) is 1. The number of carbonyl (C=O) groups excluding carboxylic acids is 1. The molecule has 1 amide bonds. The van der Waals surface area contributed by atoms with Crippen LogP contribution < -0.4 is 11.1 Å². The number of carboxylic acid groups (broad SMARTS) is 1. The van der Waals surface area contributed by atoms with Gasteiger partial charge in [0.2, 0.25) is 0 Å². The second kappa shape index (κ2) is 8.61. The van der Waals surface area contributed by atoms with E-state index in [0.29, 0.717) is 34.6 Å². The average molecular weight is 313 g/mol. The van der Waals surface area contributed by atoms with Crippen molar-refractivity contribution in [3.63, 3.8) is 0 Å². The van der Waals surface area contributed by atoms with Crippen molar-refractivity contribution in [3.05, 3.63) is 10.6 Å². The molecule has 0 saturated heterocycles. The molecule has 0 bridgehead atoms. The van der Waals surface area contributed by atoms with Gasteiger partial charge in [-0.15, -0.1) is 0 Å². The van der Waals surface area contributed by atoms with Gasteiger partial charge in [-0.05, 0) is 25.7 Å². The summed E-state index contributed by atoms with van der Waals surface area (Å²) in [4.78, 5) is 27.2. The van der Waals surface area contributed by atoms with Crippen LogP contribution in [0.3, 0.4) is 0 Å². The minimum Gasteiger partial charge on any atom is -0.481 e. The fourth-order valence-corrected chi connectivity index (χ4v) is 3.02. The maximum absolute atomic E-state index is 12.0. The zero-order chi connectivity index (χ0) is 15.8. The monoisotopic (exact) mass is 313 g/mol. The number of nitrogens with zero attached hydrogens (tertiary/aromatic N) is 1. The summed E-state index contributed by atoms with van der Waals surface area (Å²) in [5, 5.41) is 12.0. The normalized spacial score (nSPS) is 12.1. The molecule has 0 aliphatic heterocycles. The van der Waals surface area contributed by atoms with Crippen LogP contribution in [0.15, 0.2) is 0 Å². The third-order valence-electron chi connectivity index (χ3n) is 3.32. The summed E-state index contributed by atoms with van der Waals surface area (Å²) in [5.74, 6) is -0.592. The molecule has 118 valence electrons. The Morgan fingerprint density at radius 1 is 1.38 bits per heavy atom. The molecule has 1 heterocycles. The van der Waals surface area contributed by atoms with Crippen LogP contribution in [0.5, 0.6) is 0 Å². The van der Waals surface area contributed by atoms with E-state index in [1.165, 1.54) is 11.3 Å². The number of carbonyl (C=O) groups is 2. The van der Waals surface area contributed by atoms with Crippen molar-refractivity contribution in [2.75, 3.05) is 12.3 Å². The van der Waals surface area contributed by atoms with Gasteiger partial charge in [-0.1, -0.05) is 31.1 Å². The minimum atomic E-state index is -0.768. The SMILES string of the molecule is CCCC(CCNC(=O)c1sc(N)nc1C)CCC(=O)O. The number of rotatable bonds is 9. The van der Waals surface area contributed by atoms with Gasteiger partial charge in [-0.3, -0.25) is 9.59 Å². The van der Waals surface area contributed by atoms with E-state index in [4.69, 9.17) is 10.8 Å². The summed E-state index contributed by atoms with van der Waals surface area (Å²) >= 11 is 1.18. The van der Waals surface area contributed by atoms with Crippen molar-refractivity contribution in [2.45, 2.75) is 46.0 Å². The quantitative estimate of drug-likeness (QED) is 0.649. The van der Waals surface area contributed by atoms with E-state index in [2.05, 4.69) is 17.2 Å². The van der Waals surface area contributed by atoms with Gasteiger partial charge < -0.3 is 16.2 Å². The number of nitrogens with one attached hydrogen (secondary N) is 1. The molecule has 1 aromatic rings. The molecule has 1 rings (SSSR count). The first-order valence-electron chi connectivity index (χ1n) is 7.16. The van der Waals surface area contributed by atoms with Crippen molar-refractivity contribution in [3.8, 4) is 0 Å². The second-order valence-corrected chi connectivity index (χ2v) is 6.13. The standard InChI is InChI=1S/C14H23N3O3S/c1-3-4-10(5-6-11(18)19)7-8-16-13(20)12-9(2)17-14(15)21-12/h10H,3-8H2,1-2H3,(H2,15,17)(H,16,20)(H,18,19). The van der Waals surface area contributed by atoms with Crippen LogP contribution >= 0.6 is 11.3 Å². The number of nitrogen functional groups attached to an aromatic ring is 1. The fraction of sp³-hybridized carbons (Fsp3) is 0.643. The Hall–Kier alpha value is -1.63. The number of amides is 1. The Kier molecular flexibility index (Phi) is 7.14. The first-order chi connectivity index (χ1) is 9.93. The maximum atomic E-state index is 12.0. The Bertz CT molecular complexity index is 488. The van der Waals surface area contributed by atoms with Gasteiger partial charge in [0.05, 0.1) is 5.69 Å². The highest BCUT2D eigenvalue weighted by Gasteiger charge is 2.15. The van der Waals surface area contributed by atoms with E-state index in [0.717, 1.165) is 19.3 Å². The highest BCUT2D eigenvalue weighted by Crippen LogP contribution is 2.20. The Labute approximate surface area is 128 Å². The summed E-state index contributed by atoms with van der Waals surface area (Å²) in [7, 11) is 0. The number of aryl methyl sites for hydroxylation is 1. The first-order valence-corrected chi connectivity index (χ1v) is 7.98. The molecule has 1 aromatic heterocycles. The molecule has 21 heavy (non-hydrogen) atoms. The van der Waals surface area contributed by atoms with Crippen LogP contribution in [-0.4, -0.2) is 28.5 Å². The third-order valence-corrected chi connectivity index (χ3v) is 4.31. The van der Waals surface area contributed by atoms with Crippen molar-refractivity contribution < 1.29 is 14.7 Å². The summed E-state index contributed by atoms with van der Waals surface area (Å²) in [5.41, 5.74) is 6.22. The van der Waals surface area contributed by atoms with E-state index >= 15 is 0 Å².